The molecule has 3 rings (SSSR count). The molecule has 3 nitrogen and oxygen atoms in total. The fraction of sp³-hybridized carbons (Fsp3) is 0.440. The number of rotatable bonds is 5. The molecule has 1 aliphatic rings. The van der Waals surface area contributed by atoms with Gasteiger partial charge in [-0.05, 0) is 41.5 Å². The number of para-hydroxylation sites is 1. The smallest absolute Gasteiger partial charge is 0.227 e. The Morgan fingerprint density at radius 2 is 1.57 bits per heavy atom. The van der Waals surface area contributed by atoms with Crippen molar-refractivity contribution in [2.24, 2.45) is 5.92 Å². The summed E-state index contributed by atoms with van der Waals surface area (Å²) in [5.74, 6) is 0.152. The predicted molar refractivity (Wildman–Crippen MR) is 115 cm³/mol. The van der Waals surface area contributed by atoms with Crippen LogP contribution >= 0.6 is 0 Å². The molecule has 0 heterocycles. The summed E-state index contributed by atoms with van der Waals surface area (Å²) >= 11 is 0. The van der Waals surface area contributed by atoms with Crippen LogP contribution in [0.25, 0.3) is 0 Å². The van der Waals surface area contributed by atoms with Crippen LogP contribution in [0.2, 0.25) is 0 Å². The Balaban J connectivity index is 1.71. The third-order valence-corrected chi connectivity index (χ3v) is 5.65. The first kappa shape index (κ1) is 20.3. The lowest BCUT2D eigenvalue weighted by Gasteiger charge is -2.21. The second-order valence-corrected chi connectivity index (χ2v) is 8.92. The molecular weight excluding hydrogens is 346 g/mol. The molecule has 0 spiro atoms. The highest BCUT2D eigenvalue weighted by atomic mass is 16.2. The Hall–Kier alpha value is -2.42. The molecular formula is C25H31NO2. The van der Waals surface area contributed by atoms with E-state index in [-0.39, 0.29) is 23.0 Å². The first-order chi connectivity index (χ1) is 13.3. The minimum atomic E-state index is 0.0306. The SMILES string of the molecule is CC(C)(C)c1ccc(CC(=O)c2ccccc2NC(=O)C2CCCCC2)cc1. The fourth-order valence-corrected chi connectivity index (χ4v) is 3.84. The highest BCUT2D eigenvalue weighted by Gasteiger charge is 2.22. The molecule has 0 saturated heterocycles. The van der Waals surface area contributed by atoms with Crippen LogP contribution < -0.4 is 5.32 Å². The van der Waals surface area contributed by atoms with Crippen LogP contribution in [0.3, 0.4) is 0 Å². The third kappa shape index (κ3) is 5.09. The number of Topliss-reactive ketones (excluding diaryl/α,β-unsaturated/α-hetero) is 1. The number of hydrogen-bond acceptors (Lipinski definition) is 2. The van der Waals surface area contributed by atoms with Gasteiger partial charge in [-0.3, -0.25) is 9.59 Å². The van der Waals surface area contributed by atoms with Crippen molar-refractivity contribution in [3.63, 3.8) is 0 Å². The number of benzene rings is 2. The number of anilines is 1. The molecule has 1 fully saturated rings. The van der Waals surface area contributed by atoms with Gasteiger partial charge in [-0.2, -0.15) is 0 Å². The molecule has 0 unspecified atom stereocenters. The molecule has 1 amide bonds. The van der Waals surface area contributed by atoms with Gasteiger partial charge in [0, 0.05) is 17.9 Å². The maximum atomic E-state index is 12.9. The van der Waals surface area contributed by atoms with E-state index < -0.39 is 0 Å². The molecule has 1 saturated carbocycles. The Morgan fingerprint density at radius 1 is 0.929 bits per heavy atom. The van der Waals surface area contributed by atoms with Gasteiger partial charge < -0.3 is 5.32 Å². The summed E-state index contributed by atoms with van der Waals surface area (Å²) in [5, 5.41) is 3.02. The van der Waals surface area contributed by atoms with Crippen molar-refractivity contribution < 1.29 is 9.59 Å². The van der Waals surface area contributed by atoms with Crippen LogP contribution in [0, 0.1) is 5.92 Å². The monoisotopic (exact) mass is 377 g/mol. The van der Waals surface area contributed by atoms with Gasteiger partial charge in [0.2, 0.25) is 5.91 Å². The first-order valence-corrected chi connectivity index (χ1v) is 10.4. The van der Waals surface area contributed by atoms with Crippen LogP contribution in [-0.4, -0.2) is 11.7 Å². The Bertz CT molecular complexity index is 824. The van der Waals surface area contributed by atoms with Crippen molar-refractivity contribution in [1.29, 1.82) is 0 Å². The lowest BCUT2D eigenvalue weighted by atomic mass is 9.86. The number of hydrogen-bond donors (Lipinski definition) is 1. The van der Waals surface area contributed by atoms with Crippen molar-refractivity contribution in [1.82, 2.24) is 0 Å². The van der Waals surface area contributed by atoms with Crippen LogP contribution in [0.5, 0.6) is 0 Å². The van der Waals surface area contributed by atoms with E-state index in [2.05, 4.69) is 38.2 Å². The topological polar surface area (TPSA) is 46.2 Å². The fourth-order valence-electron chi connectivity index (χ4n) is 3.84. The molecule has 1 N–H and O–H groups in total. The van der Waals surface area contributed by atoms with E-state index in [1.54, 1.807) is 0 Å². The minimum absolute atomic E-state index is 0.0306. The number of amides is 1. The number of carbonyl (C=O) groups is 2. The summed E-state index contributed by atoms with van der Waals surface area (Å²) in [5.41, 5.74) is 3.56. The zero-order valence-corrected chi connectivity index (χ0v) is 17.3. The molecule has 148 valence electrons. The maximum absolute atomic E-state index is 12.9. The van der Waals surface area contributed by atoms with E-state index in [1.165, 1.54) is 12.0 Å². The molecule has 3 heteroatoms. The van der Waals surface area contributed by atoms with E-state index >= 15 is 0 Å². The highest BCUT2D eigenvalue weighted by Crippen LogP contribution is 2.27. The summed E-state index contributed by atoms with van der Waals surface area (Å²) in [7, 11) is 0. The van der Waals surface area contributed by atoms with Gasteiger partial charge in [0.1, 0.15) is 0 Å². The van der Waals surface area contributed by atoms with Gasteiger partial charge in [-0.15, -0.1) is 0 Å². The molecule has 0 aromatic heterocycles. The average molecular weight is 378 g/mol. The largest absolute Gasteiger partial charge is 0.325 e. The Morgan fingerprint density at radius 3 is 2.21 bits per heavy atom. The zero-order chi connectivity index (χ0) is 20.1. The zero-order valence-electron chi connectivity index (χ0n) is 17.3. The summed E-state index contributed by atoms with van der Waals surface area (Å²) in [6.07, 6.45) is 5.67. The standard InChI is InChI=1S/C25H31NO2/c1-25(2,3)20-15-13-18(14-16-20)17-23(27)21-11-7-8-12-22(21)26-24(28)19-9-5-4-6-10-19/h7-8,11-16,19H,4-6,9-10,17H2,1-3H3,(H,26,28). The normalized spacial score (nSPS) is 15.2. The van der Waals surface area contributed by atoms with E-state index in [0.29, 0.717) is 17.7 Å². The quantitative estimate of drug-likeness (QED) is 0.657. The minimum Gasteiger partial charge on any atom is -0.325 e. The number of nitrogens with one attached hydrogen (secondary N) is 1. The van der Waals surface area contributed by atoms with E-state index in [4.69, 9.17) is 0 Å². The predicted octanol–water partition coefficient (Wildman–Crippen LogP) is 5.93. The number of carbonyl (C=O) groups excluding carboxylic acids is 2. The van der Waals surface area contributed by atoms with Crippen LogP contribution in [0.1, 0.15) is 74.4 Å². The van der Waals surface area contributed by atoms with Crippen molar-refractivity contribution in [3.8, 4) is 0 Å². The van der Waals surface area contributed by atoms with Crippen molar-refractivity contribution in [3.05, 3.63) is 65.2 Å². The summed E-state index contributed by atoms with van der Waals surface area (Å²) in [6.45, 7) is 6.54. The molecule has 0 bridgehead atoms. The third-order valence-electron chi connectivity index (χ3n) is 5.65. The van der Waals surface area contributed by atoms with Gasteiger partial charge in [0.25, 0.3) is 0 Å². The second kappa shape index (κ2) is 8.72. The maximum Gasteiger partial charge on any atom is 0.227 e. The van der Waals surface area contributed by atoms with Crippen LogP contribution in [-0.2, 0) is 16.6 Å². The van der Waals surface area contributed by atoms with Gasteiger partial charge in [-0.25, -0.2) is 0 Å². The highest BCUT2D eigenvalue weighted by molar-refractivity contribution is 6.06. The molecule has 28 heavy (non-hydrogen) atoms. The molecule has 1 aliphatic carbocycles. The van der Waals surface area contributed by atoms with Gasteiger partial charge in [-0.1, -0.05) is 76.4 Å². The van der Waals surface area contributed by atoms with E-state index in [1.807, 2.05) is 36.4 Å². The average Bonchev–Trinajstić information content (AvgIpc) is 2.68. The Labute approximate surface area is 168 Å². The number of ketones is 1. The molecule has 2 aromatic rings. The Kier molecular flexibility index (Phi) is 6.33. The van der Waals surface area contributed by atoms with E-state index in [9.17, 15) is 9.59 Å². The van der Waals surface area contributed by atoms with Gasteiger partial charge in [0.05, 0.1) is 5.69 Å². The molecule has 0 atom stereocenters. The summed E-state index contributed by atoms with van der Waals surface area (Å²) in [6, 6.07) is 15.6. The van der Waals surface area contributed by atoms with Gasteiger partial charge in [0.15, 0.2) is 5.78 Å². The summed E-state index contributed by atoms with van der Waals surface area (Å²) < 4.78 is 0. The summed E-state index contributed by atoms with van der Waals surface area (Å²) in [4.78, 5) is 25.5. The van der Waals surface area contributed by atoms with Crippen LogP contribution in [0.4, 0.5) is 5.69 Å². The van der Waals surface area contributed by atoms with E-state index in [0.717, 1.165) is 31.2 Å². The van der Waals surface area contributed by atoms with Crippen molar-refractivity contribution in [2.75, 3.05) is 5.32 Å². The lowest BCUT2D eigenvalue weighted by molar-refractivity contribution is -0.120. The van der Waals surface area contributed by atoms with Crippen LogP contribution in [0.15, 0.2) is 48.5 Å². The lowest BCUT2D eigenvalue weighted by Crippen LogP contribution is -2.25. The molecule has 0 radical (unpaired) electrons. The van der Waals surface area contributed by atoms with Crippen molar-refractivity contribution >= 4 is 17.4 Å². The van der Waals surface area contributed by atoms with Crippen molar-refractivity contribution in [2.45, 2.75) is 64.7 Å². The second-order valence-electron chi connectivity index (χ2n) is 8.92. The molecule has 2 aromatic carbocycles. The first-order valence-electron chi connectivity index (χ1n) is 10.4. The molecule has 0 aliphatic heterocycles. The van der Waals surface area contributed by atoms with Gasteiger partial charge >= 0.3 is 0 Å².